The third kappa shape index (κ3) is 5.62. The minimum atomic E-state index is -0.206. The van der Waals surface area contributed by atoms with Gasteiger partial charge in [0.2, 0.25) is 11.8 Å². The molecule has 1 aliphatic rings. The van der Waals surface area contributed by atoms with Crippen LogP contribution in [0.4, 0.5) is 0 Å². The van der Waals surface area contributed by atoms with Gasteiger partial charge < -0.3 is 15.5 Å². The molecular formula is C17H27N3O2S. The van der Waals surface area contributed by atoms with Crippen molar-refractivity contribution in [2.75, 3.05) is 26.7 Å². The molecule has 2 heterocycles. The average Bonchev–Trinajstić information content (AvgIpc) is 3.06. The lowest BCUT2D eigenvalue weighted by atomic mass is 9.93. The molecule has 1 atom stereocenters. The molecule has 128 valence electrons. The molecule has 1 unspecified atom stereocenters. The number of piperidine rings is 1. The topological polar surface area (TPSA) is 61.4 Å². The highest BCUT2D eigenvalue weighted by atomic mass is 32.1. The molecule has 1 saturated heterocycles. The first-order chi connectivity index (χ1) is 11.1. The summed E-state index contributed by atoms with van der Waals surface area (Å²) in [6.45, 7) is 4.22. The third-order valence-electron chi connectivity index (χ3n) is 4.41. The third-order valence-corrected chi connectivity index (χ3v) is 5.40. The highest BCUT2D eigenvalue weighted by molar-refractivity contribution is 7.10. The zero-order chi connectivity index (χ0) is 16.7. The largest absolute Gasteiger partial charge is 0.348 e. The number of carbonyl (C=O) groups excluding carboxylic acids is 2. The van der Waals surface area contributed by atoms with E-state index in [0.717, 1.165) is 43.3 Å². The molecule has 5 nitrogen and oxygen atoms in total. The summed E-state index contributed by atoms with van der Waals surface area (Å²) in [5.41, 5.74) is 0. The summed E-state index contributed by atoms with van der Waals surface area (Å²) < 4.78 is 0. The number of thiophene rings is 1. The van der Waals surface area contributed by atoms with Gasteiger partial charge in [0.15, 0.2) is 0 Å². The van der Waals surface area contributed by atoms with Gasteiger partial charge >= 0.3 is 0 Å². The maximum Gasteiger partial charge on any atom is 0.225 e. The summed E-state index contributed by atoms with van der Waals surface area (Å²) in [6, 6.07) is 3.72. The smallest absolute Gasteiger partial charge is 0.225 e. The summed E-state index contributed by atoms with van der Waals surface area (Å²) in [5.74, 6) is 0.765. The second kappa shape index (κ2) is 9.03. The highest BCUT2D eigenvalue weighted by Crippen LogP contribution is 2.25. The molecule has 2 rings (SSSR count). The van der Waals surface area contributed by atoms with E-state index < -0.39 is 0 Å². The van der Waals surface area contributed by atoms with Crippen molar-refractivity contribution in [3.8, 4) is 0 Å². The van der Waals surface area contributed by atoms with Crippen LogP contribution in [0, 0.1) is 5.92 Å². The van der Waals surface area contributed by atoms with Crippen LogP contribution in [-0.2, 0) is 9.59 Å². The van der Waals surface area contributed by atoms with E-state index in [1.807, 2.05) is 29.5 Å². The summed E-state index contributed by atoms with van der Waals surface area (Å²) in [6.07, 6.45) is 3.69. The first-order valence-electron chi connectivity index (χ1n) is 8.33. The Kier molecular flexibility index (Phi) is 7.05. The molecule has 0 bridgehead atoms. The van der Waals surface area contributed by atoms with Crippen LogP contribution in [-0.4, -0.2) is 43.4 Å². The fourth-order valence-corrected chi connectivity index (χ4v) is 3.86. The van der Waals surface area contributed by atoms with Gasteiger partial charge in [-0.2, -0.15) is 0 Å². The molecule has 0 saturated carbocycles. The van der Waals surface area contributed by atoms with Gasteiger partial charge in [-0.1, -0.05) is 6.07 Å². The summed E-state index contributed by atoms with van der Waals surface area (Å²) in [7, 11) is 1.98. The quantitative estimate of drug-likeness (QED) is 0.801. The fourth-order valence-electron chi connectivity index (χ4n) is 3.08. The van der Waals surface area contributed by atoms with Gasteiger partial charge in [-0.3, -0.25) is 9.59 Å². The SMILES string of the molecule is CNCCC1CCN(C(=O)CC(NC(C)=O)c2cccs2)CC1. The fraction of sp³-hybridized carbons (Fsp3) is 0.647. The Morgan fingerprint density at radius 2 is 2.13 bits per heavy atom. The van der Waals surface area contributed by atoms with Crippen LogP contribution in [0.3, 0.4) is 0 Å². The summed E-state index contributed by atoms with van der Waals surface area (Å²) >= 11 is 1.58. The Bertz CT molecular complexity index is 496. The average molecular weight is 337 g/mol. The maximum atomic E-state index is 12.6. The molecule has 0 aromatic carbocycles. The van der Waals surface area contributed by atoms with Crippen LogP contribution in [0.1, 0.15) is 43.5 Å². The molecule has 0 aliphatic carbocycles. The molecule has 1 aromatic rings. The van der Waals surface area contributed by atoms with Crippen LogP contribution in [0.5, 0.6) is 0 Å². The van der Waals surface area contributed by atoms with Crippen molar-refractivity contribution in [2.24, 2.45) is 5.92 Å². The van der Waals surface area contributed by atoms with Gasteiger partial charge in [0.05, 0.1) is 12.5 Å². The first kappa shape index (κ1) is 17.9. The van der Waals surface area contributed by atoms with Crippen LogP contribution < -0.4 is 10.6 Å². The van der Waals surface area contributed by atoms with Gasteiger partial charge in [0.25, 0.3) is 0 Å². The van der Waals surface area contributed by atoms with Gasteiger partial charge in [-0.05, 0) is 50.2 Å². The van der Waals surface area contributed by atoms with Gasteiger partial charge in [-0.25, -0.2) is 0 Å². The Hall–Kier alpha value is -1.40. The maximum absolute atomic E-state index is 12.6. The van der Waals surface area contributed by atoms with Crippen molar-refractivity contribution >= 4 is 23.2 Å². The van der Waals surface area contributed by atoms with Crippen molar-refractivity contribution in [1.29, 1.82) is 0 Å². The van der Waals surface area contributed by atoms with E-state index in [1.54, 1.807) is 11.3 Å². The Labute approximate surface area is 142 Å². The zero-order valence-electron chi connectivity index (χ0n) is 14.0. The number of rotatable bonds is 7. The number of likely N-dealkylation sites (tertiary alicyclic amines) is 1. The molecule has 6 heteroatoms. The Morgan fingerprint density at radius 3 is 2.70 bits per heavy atom. The minimum absolute atomic E-state index is 0.0954. The normalized spacial score (nSPS) is 17.0. The van der Waals surface area contributed by atoms with Crippen molar-refractivity contribution in [1.82, 2.24) is 15.5 Å². The number of hydrogen-bond donors (Lipinski definition) is 2. The molecule has 1 fully saturated rings. The van der Waals surface area contributed by atoms with E-state index in [2.05, 4.69) is 10.6 Å². The lowest BCUT2D eigenvalue weighted by Gasteiger charge is -2.33. The van der Waals surface area contributed by atoms with Crippen molar-refractivity contribution in [3.05, 3.63) is 22.4 Å². The number of nitrogens with zero attached hydrogens (tertiary/aromatic N) is 1. The summed E-state index contributed by atoms with van der Waals surface area (Å²) in [4.78, 5) is 27.0. The summed E-state index contributed by atoms with van der Waals surface area (Å²) in [5, 5.41) is 8.07. The van der Waals surface area contributed by atoms with E-state index in [9.17, 15) is 9.59 Å². The van der Waals surface area contributed by atoms with Crippen molar-refractivity contribution in [3.63, 3.8) is 0 Å². The van der Waals surface area contributed by atoms with E-state index in [4.69, 9.17) is 0 Å². The van der Waals surface area contributed by atoms with E-state index >= 15 is 0 Å². The molecule has 2 N–H and O–H groups in total. The molecule has 1 aromatic heterocycles. The van der Waals surface area contributed by atoms with Crippen molar-refractivity contribution < 1.29 is 9.59 Å². The second-order valence-electron chi connectivity index (χ2n) is 6.19. The number of carbonyl (C=O) groups is 2. The van der Waals surface area contributed by atoms with E-state index in [0.29, 0.717) is 6.42 Å². The molecule has 23 heavy (non-hydrogen) atoms. The molecule has 0 radical (unpaired) electrons. The zero-order valence-corrected chi connectivity index (χ0v) is 14.8. The Balaban J connectivity index is 1.86. The second-order valence-corrected chi connectivity index (χ2v) is 7.17. The lowest BCUT2D eigenvalue weighted by molar-refractivity contribution is -0.133. The predicted octanol–water partition coefficient (Wildman–Crippen LogP) is 2.16. The van der Waals surface area contributed by atoms with Crippen molar-refractivity contribution in [2.45, 2.75) is 38.6 Å². The van der Waals surface area contributed by atoms with Gasteiger partial charge in [0.1, 0.15) is 0 Å². The molecule has 0 spiro atoms. The minimum Gasteiger partial charge on any atom is -0.348 e. The Morgan fingerprint density at radius 1 is 1.39 bits per heavy atom. The number of nitrogens with one attached hydrogen (secondary N) is 2. The molecule has 2 amide bonds. The first-order valence-corrected chi connectivity index (χ1v) is 9.21. The van der Waals surface area contributed by atoms with E-state index in [-0.39, 0.29) is 17.9 Å². The predicted molar refractivity (Wildman–Crippen MR) is 93.3 cm³/mol. The van der Waals surface area contributed by atoms with Crippen LogP contribution >= 0.6 is 11.3 Å². The number of hydrogen-bond acceptors (Lipinski definition) is 4. The van der Waals surface area contributed by atoms with Crippen LogP contribution in [0.2, 0.25) is 0 Å². The highest BCUT2D eigenvalue weighted by Gasteiger charge is 2.25. The number of amides is 2. The van der Waals surface area contributed by atoms with Gasteiger partial charge in [-0.15, -0.1) is 11.3 Å². The van der Waals surface area contributed by atoms with Crippen LogP contribution in [0.15, 0.2) is 17.5 Å². The van der Waals surface area contributed by atoms with Gasteiger partial charge in [0, 0.05) is 24.9 Å². The van der Waals surface area contributed by atoms with E-state index in [1.165, 1.54) is 13.3 Å². The monoisotopic (exact) mass is 337 g/mol. The molecular weight excluding hydrogens is 310 g/mol. The molecule has 1 aliphatic heterocycles. The lowest BCUT2D eigenvalue weighted by Crippen LogP contribution is -2.41. The van der Waals surface area contributed by atoms with Crippen LogP contribution in [0.25, 0.3) is 0 Å². The standard InChI is InChI=1S/C17H27N3O2S/c1-13(21)19-15(16-4-3-11-23-16)12-17(22)20-9-6-14(7-10-20)5-8-18-2/h3-4,11,14-15,18H,5-10,12H2,1-2H3,(H,19,21).